The Morgan fingerprint density at radius 1 is 1.22 bits per heavy atom. The Kier molecular flexibility index (Phi) is 3.33. The van der Waals surface area contributed by atoms with Gasteiger partial charge in [0, 0.05) is 19.3 Å². The topological polar surface area (TPSA) is 32.3 Å². The predicted octanol–water partition coefficient (Wildman–Crippen LogP) is 2.63. The van der Waals surface area contributed by atoms with Gasteiger partial charge in [-0.2, -0.15) is 0 Å². The van der Waals surface area contributed by atoms with Crippen molar-refractivity contribution < 1.29 is 4.79 Å². The van der Waals surface area contributed by atoms with E-state index in [1.807, 2.05) is 7.05 Å². The summed E-state index contributed by atoms with van der Waals surface area (Å²) in [5.74, 6) is 0.190. The van der Waals surface area contributed by atoms with E-state index in [4.69, 9.17) is 0 Å². The Morgan fingerprint density at radius 3 is 2.28 bits per heavy atom. The van der Waals surface area contributed by atoms with Gasteiger partial charge in [-0.1, -0.05) is 32.9 Å². The van der Waals surface area contributed by atoms with E-state index in [0.29, 0.717) is 0 Å². The summed E-state index contributed by atoms with van der Waals surface area (Å²) in [6.07, 6.45) is 0.885. The monoisotopic (exact) mass is 246 g/mol. The van der Waals surface area contributed by atoms with Crippen molar-refractivity contribution in [3.8, 4) is 0 Å². The fourth-order valence-corrected chi connectivity index (χ4v) is 2.22. The van der Waals surface area contributed by atoms with Crippen LogP contribution in [0.5, 0.6) is 0 Å². The molecule has 1 aromatic rings. The number of likely N-dealkylation sites (N-methyl/N-ethyl adjacent to an activating group) is 1. The second kappa shape index (κ2) is 4.63. The highest BCUT2D eigenvalue weighted by molar-refractivity contribution is 5.86. The summed E-state index contributed by atoms with van der Waals surface area (Å²) in [6.45, 7) is 7.44. The summed E-state index contributed by atoms with van der Waals surface area (Å²) >= 11 is 0. The standard InChI is InChI=1S/C15H22N2O/c1-15(2,3)11-5-7-12(8-6-11)16-13-9-10-17(4)14(13)18/h5-8,13,16H,9-10H2,1-4H3. The van der Waals surface area contributed by atoms with Gasteiger partial charge in [0.05, 0.1) is 0 Å². The second-order valence-corrected chi connectivity index (χ2v) is 6.07. The summed E-state index contributed by atoms with van der Waals surface area (Å²) in [7, 11) is 1.85. The number of carbonyl (C=O) groups is 1. The minimum absolute atomic E-state index is 0.0597. The number of nitrogens with zero attached hydrogens (tertiary/aromatic N) is 1. The lowest BCUT2D eigenvalue weighted by atomic mass is 9.87. The number of hydrogen-bond acceptors (Lipinski definition) is 2. The van der Waals surface area contributed by atoms with Gasteiger partial charge in [0.25, 0.3) is 0 Å². The van der Waals surface area contributed by atoms with Gasteiger partial charge in [-0.05, 0) is 29.5 Å². The first kappa shape index (κ1) is 12.9. The van der Waals surface area contributed by atoms with Gasteiger partial charge in [0.15, 0.2) is 0 Å². The number of likely N-dealkylation sites (tertiary alicyclic amines) is 1. The first-order valence-electron chi connectivity index (χ1n) is 6.50. The van der Waals surface area contributed by atoms with Crippen LogP contribution in [0.25, 0.3) is 0 Å². The predicted molar refractivity (Wildman–Crippen MR) is 74.8 cm³/mol. The molecule has 0 aromatic heterocycles. The first-order valence-corrected chi connectivity index (χ1v) is 6.50. The van der Waals surface area contributed by atoms with Crippen LogP contribution in [0.4, 0.5) is 5.69 Å². The van der Waals surface area contributed by atoms with E-state index in [9.17, 15) is 4.79 Å². The van der Waals surface area contributed by atoms with Crippen molar-refractivity contribution in [2.24, 2.45) is 0 Å². The Morgan fingerprint density at radius 2 is 1.83 bits per heavy atom. The molecule has 1 fully saturated rings. The number of rotatable bonds is 2. The van der Waals surface area contributed by atoms with Crippen LogP contribution in [0.2, 0.25) is 0 Å². The Bertz CT molecular complexity index is 431. The van der Waals surface area contributed by atoms with E-state index < -0.39 is 0 Å². The maximum absolute atomic E-state index is 11.8. The van der Waals surface area contributed by atoms with Crippen molar-refractivity contribution in [3.63, 3.8) is 0 Å². The number of hydrogen-bond donors (Lipinski definition) is 1. The van der Waals surface area contributed by atoms with Crippen molar-refractivity contribution in [1.29, 1.82) is 0 Å². The van der Waals surface area contributed by atoms with Crippen molar-refractivity contribution in [2.45, 2.75) is 38.6 Å². The molecular formula is C15H22N2O. The molecule has 18 heavy (non-hydrogen) atoms. The number of carbonyl (C=O) groups excluding carboxylic acids is 1. The average molecular weight is 246 g/mol. The number of amides is 1. The fourth-order valence-electron chi connectivity index (χ4n) is 2.22. The fraction of sp³-hybridized carbons (Fsp3) is 0.533. The largest absolute Gasteiger partial charge is 0.374 e. The third-order valence-corrected chi connectivity index (χ3v) is 3.52. The SMILES string of the molecule is CN1CCC(Nc2ccc(C(C)(C)C)cc2)C1=O. The summed E-state index contributed by atoms with van der Waals surface area (Å²) in [4.78, 5) is 13.6. The molecule has 0 radical (unpaired) electrons. The van der Waals surface area contributed by atoms with Gasteiger partial charge in [-0.15, -0.1) is 0 Å². The Labute approximate surface area is 109 Å². The van der Waals surface area contributed by atoms with Crippen molar-refractivity contribution in [2.75, 3.05) is 18.9 Å². The van der Waals surface area contributed by atoms with Gasteiger partial charge in [0.2, 0.25) is 5.91 Å². The molecule has 0 bridgehead atoms. The van der Waals surface area contributed by atoms with E-state index in [-0.39, 0.29) is 17.4 Å². The number of anilines is 1. The molecule has 1 aliphatic rings. The van der Waals surface area contributed by atoms with Crippen LogP contribution in [0.3, 0.4) is 0 Å². The van der Waals surface area contributed by atoms with Gasteiger partial charge in [-0.3, -0.25) is 4.79 Å². The molecular weight excluding hydrogens is 224 g/mol. The van der Waals surface area contributed by atoms with Crippen molar-refractivity contribution in [1.82, 2.24) is 4.90 Å². The van der Waals surface area contributed by atoms with Crippen LogP contribution in [0.1, 0.15) is 32.8 Å². The molecule has 1 heterocycles. The average Bonchev–Trinajstić information content (AvgIpc) is 2.61. The highest BCUT2D eigenvalue weighted by Crippen LogP contribution is 2.24. The van der Waals surface area contributed by atoms with E-state index in [0.717, 1.165) is 18.7 Å². The maximum Gasteiger partial charge on any atom is 0.244 e. The minimum atomic E-state index is -0.0597. The smallest absolute Gasteiger partial charge is 0.244 e. The molecule has 3 nitrogen and oxygen atoms in total. The lowest BCUT2D eigenvalue weighted by molar-refractivity contribution is -0.127. The second-order valence-electron chi connectivity index (χ2n) is 6.07. The molecule has 0 spiro atoms. The molecule has 1 unspecified atom stereocenters. The Hall–Kier alpha value is -1.51. The maximum atomic E-state index is 11.8. The zero-order valence-corrected chi connectivity index (χ0v) is 11.7. The highest BCUT2D eigenvalue weighted by atomic mass is 16.2. The van der Waals surface area contributed by atoms with Crippen molar-refractivity contribution in [3.05, 3.63) is 29.8 Å². The van der Waals surface area contributed by atoms with Gasteiger partial charge < -0.3 is 10.2 Å². The lowest BCUT2D eigenvalue weighted by Gasteiger charge is -2.20. The lowest BCUT2D eigenvalue weighted by Crippen LogP contribution is -2.30. The molecule has 0 aliphatic carbocycles. The molecule has 0 saturated carbocycles. The molecule has 98 valence electrons. The number of benzene rings is 1. The zero-order chi connectivity index (χ0) is 13.3. The quantitative estimate of drug-likeness (QED) is 0.870. The van der Waals surface area contributed by atoms with Gasteiger partial charge in [-0.25, -0.2) is 0 Å². The van der Waals surface area contributed by atoms with E-state index in [2.05, 4.69) is 50.4 Å². The van der Waals surface area contributed by atoms with E-state index in [1.165, 1.54) is 5.56 Å². The van der Waals surface area contributed by atoms with Gasteiger partial charge in [0.1, 0.15) is 6.04 Å². The summed E-state index contributed by atoms with van der Waals surface area (Å²) in [6, 6.07) is 8.32. The Balaban J connectivity index is 2.05. The minimum Gasteiger partial charge on any atom is -0.374 e. The first-order chi connectivity index (χ1) is 8.38. The molecule has 1 aromatic carbocycles. The molecule has 2 rings (SSSR count). The van der Waals surface area contributed by atoms with Crippen molar-refractivity contribution >= 4 is 11.6 Å². The summed E-state index contributed by atoms with van der Waals surface area (Å²) < 4.78 is 0. The third kappa shape index (κ3) is 2.66. The third-order valence-electron chi connectivity index (χ3n) is 3.52. The molecule has 1 saturated heterocycles. The molecule has 1 aliphatic heterocycles. The highest BCUT2D eigenvalue weighted by Gasteiger charge is 2.28. The van der Waals surface area contributed by atoms with Crippen LogP contribution >= 0.6 is 0 Å². The zero-order valence-electron chi connectivity index (χ0n) is 11.7. The van der Waals surface area contributed by atoms with Crippen LogP contribution in [0.15, 0.2) is 24.3 Å². The van der Waals surface area contributed by atoms with E-state index in [1.54, 1.807) is 4.90 Å². The van der Waals surface area contributed by atoms with Gasteiger partial charge >= 0.3 is 0 Å². The normalized spacial score (nSPS) is 20.3. The van der Waals surface area contributed by atoms with Crippen LogP contribution in [-0.2, 0) is 10.2 Å². The molecule has 3 heteroatoms. The van der Waals surface area contributed by atoms with Crippen LogP contribution in [0, 0.1) is 0 Å². The van der Waals surface area contributed by atoms with E-state index >= 15 is 0 Å². The van der Waals surface area contributed by atoms with Crippen LogP contribution < -0.4 is 5.32 Å². The van der Waals surface area contributed by atoms with Crippen LogP contribution in [-0.4, -0.2) is 30.4 Å². The summed E-state index contributed by atoms with van der Waals surface area (Å²) in [5.41, 5.74) is 2.50. The summed E-state index contributed by atoms with van der Waals surface area (Å²) in [5, 5.41) is 3.31. The number of nitrogens with one attached hydrogen (secondary N) is 1. The molecule has 1 atom stereocenters. The molecule has 1 amide bonds. The molecule has 1 N–H and O–H groups in total.